The average Bonchev–Trinajstić information content (AvgIpc) is 2.85. The summed E-state index contributed by atoms with van der Waals surface area (Å²) in [7, 11) is 2.13. The minimum Gasteiger partial charge on any atom is -0.326 e. The fourth-order valence-electron chi connectivity index (χ4n) is 2.43. The fraction of sp³-hybridized carbons (Fsp3) is 0.400. The fourth-order valence-corrected chi connectivity index (χ4v) is 3.63. The molecule has 2 aromatic rings. The summed E-state index contributed by atoms with van der Waals surface area (Å²) >= 11 is 5.23. The van der Waals surface area contributed by atoms with Gasteiger partial charge in [0.1, 0.15) is 0 Å². The van der Waals surface area contributed by atoms with Crippen LogP contribution in [0.5, 0.6) is 0 Å². The molecule has 0 amide bonds. The zero-order valence-electron chi connectivity index (χ0n) is 11.8. The van der Waals surface area contributed by atoms with E-state index >= 15 is 0 Å². The molecule has 5 heteroatoms. The van der Waals surface area contributed by atoms with E-state index in [1.165, 1.54) is 14.9 Å². The predicted octanol–water partition coefficient (Wildman–Crippen LogP) is 3.82. The maximum absolute atomic E-state index is 6.34. The van der Waals surface area contributed by atoms with Crippen LogP contribution in [-0.2, 0) is 6.54 Å². The van der Waals surface area contributed by atoms with Gasteiger partial charge in [-0.15, -0.1) is 11.3 Å². The van der Waals surface area contributed by atoms with E-state index in [0.29, 0.717) is 0 Å². The van der Waals surface area contributed by atoms with Crippen LogP contribution >= 0.6 is 27.3 Å². The van der Waals surface area contributed by atoms with Gasteiger partial charge in [0.15, 0.2) is 0 Å². The Hall–Kier alpha value is -0.750. The summed E-state index contributed by atoms with van der Waals surface area (Å²) in [5, 5.41) is 2.18. The lowest BCUT2D eigenvalue weighted by Crippen LogP contribution is -2.38. The first-order valence-electron chi connectivity index (χ1n) is 6.70. The van der Waals surface area contributed by atoms with Gasteiger partial charge in [0.25, 0.3) is 0 Å². The Balaban J connectivity index is 2.18. The quantitative estimate of drug-likeness (QED) is 0.858. The highest BCUT2D eigenvalue weighted by Crippen LogP contribution is 2.27. The number of thiophene rings is 1. The first-order valence-corrected chi connectivity index (χ1v) is 8.37. The molecule has 20 heavy (non-hydrogen) atoms. The number of pyridine rings is 1. The summed E-state index contributed by atoms with van der Waals surface area (Å²) in [5.41, 5.74) is 8.88. The second-order valence-corrected chi connectivity index (χ2v) is 7.26. The molecule has 2 aromatic heterocycles. The van der Waals surface area contributed by atoms with Crippen LogP contribution < -0.4 is 5.73 Å². The van der Waals surface area contributed by atoms with Crippen LogP contribution in [0.2, 0.25) is 0 Å². The van der Waals surface area contributed by atoms with Crippen molar-refractivity contribution in [1.82, 2.24) is 9.88 Å². The number of rotatable bonds is 6. The minimum atomic E-state index is 0.115. The van der Waals surface area contributed by atoms with Crippen molar-refractivity contribution < 1.29 is 0 Å². The second kappa shape index (κ2) is 7.31. The number of hydrogen-bond acceptors (Lipinski definition) is 4. The SMILES string of the molecule is CCC(N)C(c1ccncc1)N(C)Cc1csc(Br)c1. The molecule has 0 spiro atoms. The van der Waals surface area contributed by atoms with Crippen LogP contribution in [0.4, 0.5) is 0 Å². The van der Waals surface area contributed by atoms with Crippen molar-refractivity contribution in [3.63, 3.8) is 0 Å². The number of halogens is 1. The smallest absolute Gasteiger partial charge is 0.0701 e. The van der Waals surface area contributed by atoms with Gasteiger partial charge in [-0.2, -0.15) is 0 Å². The summed E-state index contributed by atoms with van der Waals surface area (Å²) in [6.45, 7) is 3.02. The summed E-state index contributed by atoms with van der Waals surface area (Å²) in [6, 6.07) is 6.61. The zero-order valence-corrected chi connectivity index (χ0v) is 14.2. The third-order valence-corrected chi connectivity index (χ3v) is 5.01. The van der Waals surface area contributed by atoms with Crippen molar-refractivity contribution in [2.45, 2.75) is 32.0 Å². The van der Waals surface area contributed by atoms with Crippen LogP contribution in [0.25, 0.3) is 0 Å². The van der Waals surface area contributed by atoms with Crippen LogP contribution in [0, 0.1) is 0 Å². The van der Waals surface area contributed by atoms with Crippen molar-refractivity contribution in [3.05, 3.63) is 50.9 Å². The molecule has 0 aliphatic carbocycles. The van der Waals surface area contributed by atoms with Crippen molar-refractivity contribution in [2.24, 2.45) is 5.73 Å². The minimum absolute atomic E-state index is 0.115. The topological polar surface area (TPSA) is 42.1 Å². The molecule has 0 bridgehead atoms. The number of aromatic nitrogens is 1. The van der Waals surface area contributed by atoms with E-state index in [1.54, 1.807) is 11.3 Å². The molecule has 0 aliphatic rings. The third kappa shape index (κ3) is 3.88. The van der Waals surface area contributed by atoms with E-state index in [-0.39, 0.29) is 12.1 Å². The van der Waals surface area contributed by atoms with Gasteiger partial charge < -0.3 is 5.73 Å². The average molecular weight is 354 g/mol. The Labute approximate surface area is 133 Å². The normalized spacial score (nSPS) is 14.4. The third-order valence-electron chi connectivity index (χ3n) is 3.45. The zero-order chi connectivity index (χ0) is 14.5. The maximum atomic E-state index is 6.34. The van der Waals surface area contributed by atoms with Crippen LogP contribution in [0.3, 0.4) is 0 Å². The standard InChI is InChI=1S/C15H20BrN3S/c1-3-13(17)15(12-4-6-18-7-5-12)19(2)9-11-8-14(16)20-10-11/h4-8,10,13,15H,3,9,17H2,1-2H3. The molecule has 0 saturated heterocycles. The summed E-state index contributed by atoms with van der Waals surface area (Å²) < 4.78 is 1.17. The first kappa shape index (κ1) is 15.6. The van der Waals surface area contributed by atoms with E-state index in [0.717, 1.165) is 13.0 Å². The van der Waals surface area contributed by atoms with Crippen LogP contribution in [0.15, 0.2) is 39.8 Å². The highest BCUT2D eigenvalue weighted by molar-refractivity contribution is 9.11. The number of nitrogens with two attached hydrogens (primary N) is 1. The highest BCUT2D eigenvalue weighted by atomic mass is 79.9. The summed E-state index contributed by atoms with van der Waals surface area (Å²) in [5.74, 6) is 0. The Morgan fingerprint density at radius 2 is 2.10 bits per heavy atom. The van der Waals surface area contributed by atoms with Crippen molar-refractivity contribution in [3.8, 4) is 0 Å². The highest BCUT2D eigenvalue weighted by Gasteiger charge is 2.23. The molecule has 2 atom stereocenters. The van der Waals surface area contributed by atoms with Crippen molar-refractivity contribution in [2.75, 3.05) is 7.05 Å². The van der Waals surface area contributed by atoms with E-state index in [2.05, 4.69) is 63.4 Å². The second-order valence-electron chi connectivity index (χ2n) is 4.97. The molecule has 3 nitrogen and oxygen atoms in total. The molecule has 2 N–H and O–H groups in total. The van der Waals surface area contributed by atoms with Gasteiger partial charge in [0, 0.05) is 25.0 Å². The van der Waals surface area contributed by atoms with Gasteiger partial charge in [-0.1, -0.05) is 6.92 Å². The molecule has 2 heterocycles. The van der Waals surface area contributed by atoms with Crippen LogP contribution in [0.1, 0.15) is 30.5 Å². The molecule has 0 aromatic carbocycles. The lowest BCUT2D eigenvalue weighted by Gasteiger charge is -2.32. The predicted molar refractivity (Wildman–Crippen MR) is 88.7 cm³/mol. The molecule has 2 unspecified atom stereocenters. The molecule has 0 radical (unpaired) electrons. The molecule has 0 saturated carbocycles. The van der Waals surface area contributed by atoms with Gasteiger partial charge in [0.05, 0.1) is 9.83 Å². The largest absolute Gasteiger partial charge is 0.326 e. The van der Waals surface area contributed by atoms with Gasteiger partial charge in [-0.25, -0.2) is 0 Å². The van der Waals surface area contributed by atoms with Crippen molar-refractivity contribution in [1.29, 1.82) is 0 Å². The van der Waals surface area contributed by atoms with E-state index in [1.807, 2.05) is 12.4 Å². The molecule has 0 aliphatic heterocycles. The Kier molecular flexibility index (Phi) is 5.72. The van der Waals surface area contributed by atoms with E-state index in [9.17, 15) is 0 Å². The maximum Gasteiger partial charge on any atom is 0.0701 e. The summed E-state index contributed by atoms with van der Waals surface area (Å²) in [6.07, 6.45) is 4.62. The van der Waals surface area contributed by atoms with Gasteiger partial charge in [0.2, 0.25) is 0 Å². The van der Waals surface area contributed by atoms with Gasteiger partial charge in [-0.3, -0.25) is 9.88 Å². The molecular weight excluding hydrogens is 334 g/mol. The molecule has 108 valence electrons. The van der Waals surface area contributed by atoms with Gasteiger partial charge in [-0.05, 0) is 64.1 Å². The van der Waals surface area contributed by atoms with E-state index in [4.69, 9.17) is 5.73 Å². The number of hydrogen-bond donors (Lipinski definition) is 1. The molecule has 2 rings (SSSR count). The Bertz CT molecular complexity index is 529. The van der Waals surface area contributed by atoms with Crippen molar-refractivity contribution >= 4 is 27.3 Å². The summed E-state index contributed by atoms with van der Waals surface area (Å²) in [4.78, 5) is 6.41. The van der Waals surface area contributed by atoms with Crippen LogP contribution in [-0.4, -0.2) is 23.0 Å². The number of nitrogens with zero attached hydrogens (tertiary/aromatic N) is 2. The van der Waals surface area contributed by atoms with E-state index < -0.39 is 0 Å². The lowest BCUT2D eigenvalue weighted by atomic mass is 9.97. The number of likely N-dealkylation sites (N-methyl/N-ethyl adjacent to an activating group) is 1. The first-order chi connectivity index (χ1) is 9.61. The monoisotopic (exact) mass is 353 g/mol. The van der Waals surface area contributed by atoms with Gasteiger partial charge >= 0.3 is 0 Å². The molecule has 0 fully saturated rings. The Morgan fingerprint density at radius 1 is 1.40 bits per heavy atom. The molecular formula is C15H20BrN3S. The Morgan fingerprint density at radius 3 is 2.65 bits per heavy atom. The lowest BCUT2D eigenvalue weighted by molar-refractivity contribution is 0.202.